The topological polar surface area (TPSA) is 20.2 Å². The Morgan fingerprint density at radius 2 is 2.38 bits per heavy atom. The van der Waals surface area contributed by atoms with Gasteiger partial charge >= 0.3 is 0 Å². The quantitative estimate of drug-likeness (QED) is 0.509. The summed E-state index contributed by atoms with van der Waals surface area (Å²) >= 11 is 3.75. The lowest BCUT2D eigenvalue weighted by Crippen LogP contribution is -2.35. The number of hydrogen-bond donors (Lipinski definition) is 1. The summed E-state index contributed by atoms with van der Waals surface area (Å²) in [6.45, 7) is 0. The molecule has 0 saturated heterocycles. The van der Waals surface area contributed by atoms with Crippen molar-refractivity contribution in [1.29, 1.82) is 0 Å². The minimum Gasteiger partial charge on any atom is -0.511 e. The molecule has 1 N–H and O–H groups in total. The van der Waals surface area contributed by atoms with Gasteiger partial charge in [0.05, 0.1) is 4.32 Å². The van der Waals surface area contributed by atoms with Crippen molar-refractivity contribution in [1.82, 2.24) is 0 Å². The third-order valence-electron chi connectivity index (χ3n) is 3.79. The molecule has 0 bridgehead atoms. The summed E-state index contributed by atoms with van der Waals surface area (Å²) < 4.78 is -0.0851. The van der Waals surface area contributed by atoms with Crippen LogP contribution >= 0.6 is 15.9 Å². The van der Waals surface area contributed by atoms with Crippen molar-refractivity contribution < 1.29 is 5.11 Å². The molecule has 0 aromatic heterocycles. The second kappa shape index (κ2) is 2.41. The maximum Gasteiger partial charge on any atom is 0.106 e. The van der Waals surface area contributed by atoms with Crippen LogP contribution in [0.15, 0.2) is 23.5 Å². The SMILES string of the molecule is OC1=CCCC2=C[C@H]3CC[C@]1(Br)[C@@H]23. The lowest BCUT2D eigenvalue weighted by molar-refractivity contribution is 0.311. The molecule has 0 amide bonds. The summed E-state index contributed by atoms with van der Waals surface area (Å²) in [6, 6.07) is 0. The fourth-order valence-electron chi connectivity index (χ4n) is 3.12. The van der Waals surface area contributed by atoms with Crippen LogP contribution in [0, 0.1) is 11.8 Å². The van der Waals surface area contributed by atoms with Gasteiger partial charge in [0.25, 0.3) is 0 Å². The Kier molecular flexibility index (Phi) is 1.50. The lowest BCUT2D eigenvalue weighted by atomic mass is 9.72. The molecule has 13 heavy (non-hydrogen) atoms. The van der Waals surface area contributed by atoms with E-state index in [4.69, 9.17) is 0 Å². The van der Waals surface area contributed by atoms with Crippen molar-refractivity contribution in [3.8, 4) is 0 Å². The van der Waals surface area contributed by atoms with Crippen LogP contribution in [-0.2, 0) is 0 Å². The van der Waals surface area contributed by atoms with Crippen LogP contribution in [0.2, 0.25) is 0 Å². The van der Waals surface area contributed by atoms with Crippen molar-refractivity contribution >= 4 is 15.9 Å². The van der Waals surface area contributed by atoms with Gasteiger partial charge < -0.3 is 5.11 Å². The Balaban J connectivity index is 2.09. The number of alkyl halides is 1. The zero-order valence-corrected chi connectivity index (χ0v) is 9.05. The van der Waals surface area contributed by atoms with Gasteiger partial charge in [-0.15, -0.1) is 0 Å². The van der Waals surface area contributed by atoms with Gasteiger partial charge in [-0.1, -0.05) is 27.6 Å². The number of allylic oxidation sites excluding steroid dienone is 4. The minimum absolute atomic E-state index is 0.0851. The molecule has 3 aliphatic carbocycles. The maximum absolute atomic E-state index is 9.94. The molecule has 0 aliphatic heterocycles. The van der Waals surface area contributed by atoms with Crippen molar-refractivity contribution in [2.24, 2.45) is 11.8 Å². The van der Waals surface area contributed by atoms with Gasteiger partial charge in [0.1, 0.15) is 5.76 Å². The van der Waals surface area contributed by atoms with E-state index in [1.165, 1.54) is 6.42 Å². The average Bonchev–Trinajstić information content (AvgIpc) is 2.27. The van der Waals surface area contributed by atoms with Crippen LogP contribution in [0.1, 0.15) is 25.7 Å². The van der Waals surface area contributed by atoms with E-state index in [9.17, 15) is 5.11 Å². The normalized spacial score (nSPS) is 47.2. The molecule has 0 unspecified atom stereocenters. The summed E-state index contributed by atoms with van der Waals surface area (Å²) in [7, 11) is 0. The zero-order valence-electron chi connectivity index (χ0n) is 7.46. The Morgan fingerprint density at radius 1 is 1.54 bits per heavy atom. The molecule has 0 aromatic carbocycles. The first-order valence-corrected chi connectivity index (χ1v) is 5.80. The number of aliphatic hydroxyl groups is 1. The molecule has 3 atom stereocenters. The van der Waals surface area contributed by atoms with Gasteiger partial charge in [0, 0.05) is 5.92 Å². The Labute approximate surface area is 86.7 Å². The molecule has 3 rings (SSSR count). The van der Waals surface area contributed by atoms with E-state index in [2.05, 4.69) is 22.0 Å². The van der Waals surface area contributed by atoms with E-state index in [-0.39, 0.29) is 4.32 Å². The van der Waals surface area contributed by atoms with Crippen molar-refractivity contribution in [2.45, 2.75) is 30.0 Å². The van der Waals surface area contributed by atoms with Crippen LogP contribution in [0.4, 0.5) is 0 Å². The number of aliphatic hydroxyl groups excluding tert-OH is 1. The molecule has 2 heteroatoms. The number of rotatable bonds is 0. The van der Waals surface area contributed by atoms with E-state index in [0.29, 0.717) is 11.7 Å². The molecule has 1 saturated carbocycles. The second-order valence-corrected chi connectivity index (χ2v) is 5.83. The van der Waals surface area contributed by atoms with Crippen molar-refractivity contribution in [2.75, 3.05) is 0 Å². The largest absolute Gasteiger partial charge is 0.511 e. The van der Waals surface area contributed by atoms with Crippen molar-refractivity contribution in [3.63, 3.8) is 0 Å². The van der Waals surface area contributed by atoms with Gasteiger partial charge in [-0.25, -0.2) is 0 Å². The first-order valence-electron chi connectivity index (χ1n) is 5.01. The molecule has 0 spiro atoms. The molecule has 1 nitrogen and oxygen atoms in total. The third kappa shape index (κ3) is 0.876. The minimum atomic E-state index is -0.0851. The summed E-state index contributed by atoms with van der Waals surface area (Å²) in [4.78, 5) is 0. The monoisotopic (exact) mass is 240 g/mol. The molecule has 0 aromatic rings. The van der Waals surface area contributed by atoms with E-state index in [1.807, 2.05) is 6.08 Å². The highest BCUT2D eigenvalue weighted by molar-refractivity contribution is 9.10. The fraction of sp³-hybridized carbons (Fsp3) is 0.636. The van der Waals surface area contributed by atoms with Crippen molar-refractivity contribution in [3.05, 3.63) is 23.5 Å². The van der Waals surface area contributed by atoms with Gasteiger partial charge in [-0.2, -0.15) is 0 Å². The maximum atomic E-state index is 9.94. The summed E-state index contributed by atoms with van der Waals surface area (Å²) in [5.41, 5.74) is 1.57. The second-order valence-electron chi connectivity index (χ2n) is 4.41. The first kappa shape index (κ1) is 8.10. The predicted octanol–water partition coefficient (Wildman–Crippen LogP) is 3.32. The zero-order chi connectivity index (χ0) is 9.05. The standard InChI is InChI=1S/C11H13BrO/c12-11-5-4-8-6-7(10(8)11)2-1-3-9(11)13/h3,6,8,10,13H,1-2,4-5H2/t8-,10+,11-/m1/s1. The molecule has 0 heterocycles. The Hall–Kier alpha value is -0.240. The molecule has 3 aliphatic rings. The summed E-state index contributed by atoms with van der Waals surface area (Å²) in [6.07, 6.45) is 8.89. The molecule has 70 valence electrons. The van der Waals surface area contributed by atoms with Gasteiger partial charge in [-0.05, 0) is 37.7 Å². The molecule has 1 fully saturated rings. The van der Waals surface area contributed by atoms with Crippen LogP contribution in [0.3, 0.4) is 0 Å². The highest BCUT2D eigenvalue weighted by Gasteiger charge is 2.54. The summed E-state index contributed by atoms with van der Waals surface area (Å²) in [5, 5.41) is 9.94. The van der Waals surface area contributed by atoms with E-state index < -0.39 is 0 Å². The van der Waals surface area contributed by atoms with Crippen LogP contribution < -0.4 is 0 Å². The van der Waals surface area contributed by atoms with E-state index >= 15 is 0 Å². The fourth-order valence-corrected chi connectivity index (χ4v) is 4.14. The van der Waals surface area contributed by atoms with E-state index in [0.717, 1.165) is 25.2 Å². The molecular weight excluding hydrogens is 228 g/mol. The smallest absolute Gasteiger partial charge is 0.106 e. The third-order valence-corrected chi connectivity index (χ3v) is 5.08. The number of halogens is 1. The Morgan fingerprint density at radius 3 is 3.23 bits per heavy atom. The molecular formula is C11H13BrO. The van der Waals surface area contributed by atoms with Crippen LogP contribution in [-0.4, -0.2) is 9.43 Å². The summed E-state index contributed by atoms with van der Waals surface area (Å²) in [5.74, 6) is 1.93. The lowest BCUT2D eigenvalue weighted by Gasteiger charge is -2.37. The average molecular weight is 241 g/mol. The molecule has 0 radical (unpaired) electrons. The van der Waals surface area contributed by atoms with Gasteiger partial charge in [0.2, 0.25) is 0 Å². The van der Waals surface area contributed by atoms with E-state index in [1.54, 1.807) is 5.57 Å². The Bertz CT molecular complexity index is 318. The first-order chi connectivity index (χ1) is 6.22. The van der Waals surface area contributed by atoms with Gasteiger partial charge in [-0.3, -0.25) is 0 Å². The highest BCUT2D eigenvalue weighted by atomic mass is 79.9. The van der Waals surface area contributed by atoms with Crippen LogP contribution in [0.25, 0.3) is 0 Å². The number of hydrogen-bond acceptors (Lipinski definition) is 1. The predicted molar refractivity (Wildman–Crippen MR) is 55.9 cm³/mol. The highest BCUT2D eigenvalue weighted by Crippen LogP contribution is 2.60. The van der Waals surface area contributed by atoms with Gasteiger partial charge in [0.15, 0.2) is 0 Å². The van der Waals surface area contributed by atoms with Crippen LogP contribution in [0.5, 0.6) is 0 Å².